The van der Waals surface area contributed by atoms with Crippen LogP contribution < -0.4 is 14.2 Å². The Labute approximate surface area is 151 Å². The van der Waals surface area contributed by atoms with E-state index in [1.165, 1.54) is 21.3 Å². The minimum absolute atomic E-state index is 0.0378. The van der Waals surface area contributed by atoms with Gasteiger partial charge in [-0.2, -0.15) is 0 Å². The van der Waals surface area contributed by atoms with E-state index in [1.54, 1.807) is 6.07 Å². The molecule has 0 radical (unpaired) electrons. The molecule has 0 spiro atoms. The van der Waals surface area contributed by atoms with E-state index in [0.717, 1.165) is 4.48 Å². The van der Waals surface area contributed by atoms with E-state index < -0.39 is 0 Å². The molecular weight excluding hydrogens is 376 g/mol. The third-order valence-corrected chi connectivity index (χ3v) is 4.25. The molecule has 0 bridgehead atoms. The van der Waals surface area contributed by atoms with Crippen LogP contribution >= 0.6 is 15.9 Å². The Morgan fingerprint density at radius 1 is 1.08 bits per heavy atom. The van der Waals surface area contributed by atoms with Gasteiger partial charge in [0.05, 0.1) is 33.0 Å². The van der Waals surface area contributed by atoms with E-state index in [0.29, 0.717) is 28.4 Å². The average Bonchev–Trinajstić information content (AvgIpc) is 2.60. The van der Waals surface area contributed by atoms with Crippen molar-refractivity contribution in [3.8, 4) is 17.2 Å². The number of carbonyl (C=O) groups is 1. The smallest absolute Gasteiger partial charge is 0.203 e. The van der Waals surface area contributed by atoms with Gasteiger partial charge in [-0.25, -0.2) is 0 Å². The van der Waals surface area contributed by atoms with E-state index in [1.807, 2.05) is 26.8 Å². The van der Waals surface area contributed by atoms with Crippen LogP contribution in [0.3, 0.4) is 0 Å². The molecule has 1 atom stereocenters. The zero-order valence-corrected chi connectivity index (χ0v) is 16.4. The SMILES string of the molecule is COc1cc2c(c(OC)c1OC)C(Br)=CC(OC(C)(C)C)CC2=O. The fourth-order valence-corrected chi connectivity index (χ4v) is 3.43. The number of rotatable bonds is 4. The van der Waals surface area contributed by atoms with Crippen LogP contribution in [0.2, 0.25) is 0 Å². The molecule has 6 heteroatoms. The summed E-state index contributed by atoms with van der Waals surface area (Å²) in [4.78, 5) is 12.8. The lowest BCUT2D eigenvalue weighted by Gasteiger charge is -2.24. The Morgan fingerprint density at radius 2 is 1.71 bits per heavy atom. The number of hydrogen-bond acceptors (Lipinski definition) is 5. The second-order valence-electron chi connectivity index (χ2n) is 6.48. The Hall–Kier alpha value is -1.53. The van der Waals surface area contributed by atoms with Crippen LogP contribution in [0.25, 0.3) is 4.48 Å². The molecule has 5 nitrogen and oxygen atoms in total. The minimum atomic E-state index is -0.356. The molecular formula is C18H23BrO5. The Kier molecular flexibility index (Phi) is 5.60. The molecule has 24 heavy (non-hydrogen) atoms. The van der Waals surface area contributed by atoms with E-state index in [4.69, 9.17) is 18.9 Å². The van der Waals surface area contributed by atoms with E-state index in [-0.39, 0.29) is 23.9 Å². The second-order valence-corrected chi connectivity index (χ2v) is 7.33. The van der Waals surface area contributed by atoms with Crippen molar-refractivity contribution >= 4 is 26.2 Å². The molecule has 0 saturated carbocycles. The van der Waals surface area contributed by atoms with Gasteiger partial charge in [0, 0.05) is 22.0 Å². The van der Waals surface area contributed by atoms with Crippen LogP contribution in [-0.2, 0) is 4.74 Å². The zero-order chi connectivity index (χ0) is 18.1. The van der Waals surface area contributed by atoms with Crippen molar-refractivity contribution < 1.29 is 23.7 Å². The first-order valence-corrected chi connectivity index (χ1v) is 8.42. The highest BCUT2D eigenvalue weighted by Gasteiger charge is 2.31. The summed E-state index contributed by atoms with van der Waals surface area (Å²) in [5.41, 5.74) is 0.817. The number of ether oxygens (including phenoxy) is 4. The summed E-state index contributed by atoms with van der Waals surface area (Å²) in [6.07, 6.45) is 1.81. The molecule has 132 valence electrons. The molecule has 1 aliphatic rings. The molecule has 2 rings (SSSR count). The quantitative estimate of drug-likeness (QED) is 0.759. The number of carbonyl (C=O) groups excluding carboxylic acids is 1. The van der Waals surface area contributed by atoms with Gasteiger partial charge in [-0.05, 0) is 32.9 Å². The van der Waals surface area contributed by atoms with Gasteiger partial charge in [0.2, 0.25) is 5.75 Å². The number of methoxy groups -OCH3 is 3. The lowest BCUT2D eigenvalue weighted by atomic mass is 10.0. The molecule has 0 N–H and O–H groups in total. The summed E-state index contributed by atoms with van der Waals surface area (Å²) < 4.78 is 23.0. The van der Waals surface area contributed by atoms with Gasteiger partial charge < -0.3 is 18.9 Å². The molecule has 1 aromatic carbocycles. The zero-order valence-electron chi connectivity index (χ0n) is 14.9. The molecule has 0 amide bonds. The Morgan fingerprint density at radius 3 is 2.21 bits per heavy atom. The van der Waals surface area contributed by atoms with Gasteiger partial charge in [-0.1, -0.05) is 15.9 Å². The highest BCUT2D eigenvalue weighted by molar-refractivity contribution is 9.15. The molecule has 1 unspecified atom stereocenters. The number of fused-ring (bicyclic) bond motifs is 1. The lowest BCUT2D eigenvalue weighted by Crippen LogP contribution is -2.27. The molecule has 0 aliphatic heterocycles. The highest BCUT2D eigenvalue weighted by atomic mass is 79.9. The van der Waals surface area contributed by atoms with E-state index in [2.05, 4.69) is 15.9 Å². The van der Waals surface area contributed by atoms with Crippen LogP contribution in [0.5, 0.6) is 17.2 Å². The van der Waals surface area contributed by atoms with E-state index >= 15 is 0 Å². The van der Waals surface area contributed by atoms with Gasteiger partial charge in [0.1, 0.15) is 0 Å². The van der Waals surface area contributed by atoms with Crippen molar-refractivity contribution in [1.82, 2.24) is 0 Å². The first-order chi connectivity index (χ1) is 11.2. The molecule has 0 fully saturated rings. The number of benzene rings is 1. The maximum absolute atomic E-state index is 12.8. The second kappa shape index (κ2) is 7.15. The summed E-state index contributed by atoms with van der Waals surface area (Å²) in [5, 5.41) is 0. The van der Waals surface area contributed by atoms with Gasteiger partial charge in [0.15, 0.2) is 17.3 Å². The largest absolute Gasteiger partial charge is 0.493 e. The van der Waals surface area contributed by atoms with Crippen molar-refractivity contribution in [1.29, 1.82) is 0 Å². The van der Waals surface area contributed by atoms with Gasteiger partial charge in [-0.15, -0.1) is 0 Å². The van der Waals surface area contributed by atoms with Gasteiger partial charge >= 0.3 is 0 Å². The summed E-state index contributed by atoms with van der Waals surface area (Å²) in [6.45, 7) is 5.89. The first kappa shape index (κ1) is 18.8. The third kappa shape index (κ3) is 3.75. The Bertz CT molecular complexity index is 673. The maximum Gasteiger partial charge on any atom is 0.203 e. The first-order valence-electron chi connectivity index (χ1n) is 7.63. The van der Waals surface area contributed by atoms with Gasteiger partial charge in [-0.3, -0.25) is 4.79 Å². The maximum atomic E-state index is 12.8. The molecule has 0 saturated heterocycles. The van der Waals surface area contributed by atoms with Crippen LogP contribution in [0.15, 0.2) is 12.1 Å². The third-order valence-electron chi connectivity index (χ3n) is 3.59. The fraction of sp³-hybridized carbons (Fsp3) is 0.500. The van der Waals surface area contributed by atoms with Crippen molar-refractivity contribution in [2.75, 3.05) is 21.3 Å². The molecule has 0 heterocycles. The van der Waals surface area contributed by atoms with Crippen LogP contribution in [0.1, 0.15) is 43.1 Å². The van der Waals surface area contributed by atoms with Gasteiger partial charge in [0.25, 0.3) is 0 Å². The molecule has 0 aromatic heterocycles. The highest BCUT2D eigenvalue weighted by Crippen LogP contribution is 2.47. The molecule has 1 aromatic rings. The van der Waals surface area contributed by atoms with Crippen molar-refractivity contribution in [3.05, 3.63) is 23.3 Å². The number of Topliss-reactive ketones (excluding diaryl/α,β-unsaturated/α-hetero) is 1. The summed E-state index contributed by atoms with van der Waals surface area (Å²) in [6, 6.07) is 1.69. The van der Waals surface area contributed by atoms with Crippen LogP contribution in [0.4, 0.5) is 0 Å². The van der Waals surface area contributed by atoms with E-state index in [9.17, 15) is 4.79 Å². The predicted octanol–water partition coefficient (Wildman–Crippen LogP) is 4.22. The summed E-state index contributed by atoms with van der Waals surface area (Å²) >= 11 is 3.57. The number of halogens is 1. The fourth-order valence-electron chi connectivity index (χ4n) is 2.74. The van der Waals surface area contributed by atoms with Crippen molar-refractivity contribution in [2.24, 2.45) is 0 Å². The number of hydrogen-bond donors (Lipinski definition) is 0. The van der Waals surface area contributed by atoms with Crippen LogP contribution in [-0.4, -0.2) is 38.8 Å². The average molecular weight is 399 g/mol. The summed E-state index contributed by atoms with van der Waals surface area (Å²) in [5.74, 6) is 1.33. The normalized spacial score (nSPS) is 17.7. The van der Waals surface area contributed by atoms with Crippen molar-refractivity contribution in [2.45, 2.75) is 38.9 Å². The standard InChI is InChI=1S/C18H23BrO5/c1-18(2,3)24-10-7-12(19)15-11(13(20)8-10)9-14(21-4)16(22-5)17(15)23-6/h7,9-10H,8H2,1-6H3. The summed E-state index contributed by atoms with van der Waals surface area (Å²) in [7, 11) is 4.60. The minimum Gasteiger partial charge on any atom is -0.493 e. The Balaban J connectivity index is 2.63. The topological polar surface area (TPSA) is 54.0 Å². The molecule has 1 aliphatic carbocycles. The number of ketones is 1. The van der Waals surface area contributed by atoms with Crippen LogP contribution in [0, 0.1) is 0 Å². The predicted molar refractivity (Wildman–Crippen MR) is 96.6 cm³/mol. The lowest BCUT2D eigenvalue weighted by molar-refractivity contribution is -0.0373. The monoisotopic (exact) mass is 398 g/mol. The van der Waals surface area contributed by atoms with Crippen molar-refractivity contribution in [3.63, 3.8) is 0 Å².